The minimum atomic E-state index is -0.789. The van der Waals surface area contributed by atoms with Crippen LogP contribution in [0.3, 0.4) is 0 Å². The zero-order valence-electron chi connectivity index (χ0n) is 11.3. The van der Waals surface area contributed by atoms with Gasteiger partial charge in [-0.25, -0.2) is 4.79 Å². The number of esters is 1. The molecule has 22 heavy (non-hydrogen) atoms. The number of rotatable bonds is 7. The molecule has 0 aliphatic heterocycles. The maximum Gasteiger partial charge on any atom is 0.355 e. The molecule has 0 unspecified atom stereocenters. The van der Waals surface area contributed by atoms with Crippen LogP contribution < -0.4 is 5.43 Å². The molecule has 0 bridgehead atoms. The number of carbonyl (C=O) groups is 1. The van der Waals surface area contributed by atoms with Gasteiger partial charge in [0.25, 0.3) is 5.69 Å². The van der Waals surface area contributed by atoms with Gasteiger partial charge in [-0.1, -0.05) is 15.9 Å². The van der Waals surface area contributed by atoms with E-state index in [2.05, 4.69) is 26.5 Å². The Morgan fingerprint density at radius 2 is 2.05 bits per heavy atom. The number of non-ortho nitro benzene ring substituents is 1. The highest BCUT2D eigenvalue weighted by atomic mass is 79.9. The van der Waals surface area contributed by atoms with Crippen molar-refractivity contribution in [3.05, 3.63) is 38.4 Å². The van der Waals surface area contributed by atoms with Crippen LogP contribution in [0.4, 0.5) is 17.1 Å². The van der Waals surface area contributed by atoms with Crippen molar-refractivity contribution in [2.24, 2.45) is 5.10 Å². The topological polar surface area (TPSA) is 137 Å². The maximum atomic E-state index is 11.5. The van der Waals surface area contributed by atoms with Crippen LogP contribution in [-0.2, 0) is 9.53 Å². The molecular formula is C11H11BrN4O6. The Morgan fingerprint density at radius 1 is 1.36 bits per heavy atom. The van der Waals surface area contributed by atoms with E-state index in [1.54, 1.807) is 6.92 Å². The first-order valence-corrected chi connectivity index (χ1v) is 7.01. The number of anilines is 1. The average Bonchev–Trinajstić information content (AvgIpc) is 2.47. The van der Waals surface area contributed by atoms with E-state index in [1.165, 1.54) is 0 Å². The van der Waals surface area contributed by atoms with Gasteiger partial charge in [0.15, 0.2) is 5.71 Å². The van der Waals surface area contributed by atoms with Crippen molar-refractivity contribution >= 4 is 44.7 Å². The molecule has 10 nitrogen and oxygen atoms in total. The maximum absolute atomic E-state index is 11.5. The van der Waals surface area contributed by atoms with Crippen LogP contribution in [0.15, 0.2) is 23.3 Å². The molecule has 11 heteroatoms. The summed E-state index contributed by atoms with van der Waals surface area (Å²) in [4.78, 5) is 31.5. The highest BCUT2D eigenvalue weighted by molar-refractivity contribution is 9.09. The fourth-order valence-corrected chi connectivity index (χ4v) is 1.71. The third-order valence-corrected chi connectivity index (χ3v) is 2.87. The molecule has 0 heterocycles. The van der Waals surface area contributed by atoms with Crippen molar-refractivity contribution in [1.82, 2.24) is 0 Å². The molecule has 118 valence electrons. The van der Waals surface area contributed by atoms with Gasteiger partial charge in [-0.3, -0.25) is 25.7 Å². The number of nitro groups is 2. The molecule has 0 fully saturated rings. The smallest absolute Gasteiger partial charge is 0.355 e. The minimum absolute atomic E-state index is 0.0329. The lowest BCUT2D eigenvalue weighted by Crippen LogP contribution is -2.20. The molecule has 0 amide bonds. The quantitative estimate of drug-likeness (QED) is 0.254. The Balaban J connectivity index is 3.09. The van der Waals surface area contributed by atoms with E-state index in [0.29, 0.717) is 0 Å². The number of alkyl halides is 1. The van der Waals surface area contributed by atoms with Gasteiger partial charge in [0.2, 0.25) is 0 Å². The fourth-order valence-electron chi connectivity index (χ4n) is 1.35. The van der Waals surface area contributed by atoms with E-state index in [0.717, 1.165) is 18.2 Å². The lowest BCUT2D eigenvalue weighted by atomic mass is 10.2. The lowest BCUT2D eigenvalue weighted by Gasteiger charge is -2.05. The first kappa shape index (κ1) is 17.5. The number of carbonyl (C=O) groups excluding carboxylic acids is 1. The number of hydrogen-bond acceptors (Lipinski definition) is 8. The zero-order valence-corrected chi connectivity index (χ0v) is 12.9. The monoisotopic (exact) mass is 374 g/mol. The first-order valence-electron chi connectivity index (χ1n) is 5.89. The largest absolute Gasteiger partial charge is 0.461 e. The summed E-state index contributed by atoms with van der Waals surface area (Å²) in [5, 5.41) is 25.4. The third-order valence-electron chi connectivity index (χ3n) is 2.34. The molecule has 1 aromatic rings. The number of ether oxygens (including phenoxy) is 1. The molecule has 1 N–H and O–H groups in total. The predicted octanol–water partition coefficient (Wildman–Crippen LogP) is 2.23. The number of hydrazone groups is 1. The highest BCUT2D eigenvalue weighted by Gasteiger charge is 2.20. The SMILES string of the molecule is CCOC(=O)/C(CBr)=N/Nc1ccc([N+](=O)[O-])cc1[N+](=O)[O-]. The summed E-state index contributed by atoms with van der Waals surface area (Å²) in [5.41, 5.74) is 1.27. The minimum Gasteiger partial charge on any atom is -0.461 e. The van der Waals surface area contributed by atoms with E-state index < -0.39 is 27.2 Å². The van der Waals surface area contributed by atoms with Gasteiger partial charge in [0.1, 0.15) is 5.69 Å². The third kappa shape index (κ3) is 4.48. The van der Waals surface area contributed by atoms with Gasteiger partial charge in [0.05, 0.1) is 27.8 Å². The number of hydrogen-bond donors (Lipinski definition) is 1. The molecule has 0 aliphatic rings. The average molecular weight is 375 g/mol. The molecule has 0 spiro atoms. The van der Waals surface area contributed by atoms with Crippen LogP contribution in [0.25, 0.3) is 0 Å². The predicted molar refractivity (Wildman–Crippen MR) is 81.2 cm³/mol. The van der Waals surface area contributed by atoms with E-state index in [1.807, 2.05) is 0 Å². The van der Waals surface area contributed by atoms with E-state index in [-0.39, 0.29) is 23.3 Å². The first-order chi connectivity index (χ1) is 10.4. The summed E-state index contributed by atoms with van der Waals surface area (Å²) >= 11 is 3.04. The van der Waals surface area contributed by atoms with Crippen molar-refractivity contribution < 1.29 is 19.4 Å². The normalized spacial score (nSPS) is 10.9. The Kier molecular flexibility index (Phi) is 6.38. The standard InChI is InChI=1S/C11H11BrN4O6/c1-2-22-11(17)9(6-12)14-13-8-4-3-7(15(18)19)5-10(8)16(20)21/h3-5,13H,2,6H2,1H3/b14-9+. The molecular weight excluding hydrogens is 364 g/mol. The van der Waals surface area contributed by atoms with Gasteiger partial charge < -0.3 is 4.74 Å². The highest BCUT2D eigenvalue weighted by Crippen LogP contribution is 2.28. The van der Waals surface area contributed by atoms with Crippen molar-refractivity contribution in [3.63, 3.8) is 0 Å². The molecule has 0 aliphatic carbocycles. The van der Waals surface area contributed by atoms with Crippen molar-refractivity contribution in [3.8, 4) is 0 Å². The van der Waals surface area contributed by atoms with Gasteiger partial charge >= 0.3 is 11.7 Å². The second-order valence-electron chi connectivity index (χ2n) is 3.74. The molecule has 0 aromatic heterocycles. The van der Waals surface area contributed by atoms with E-state index in [4.69, 9.17) is 4.74 Å². The summed E-state index contributed by atoms with van der Waals surface area (Å²) in [6.07, 6.45) is 0. The van der Waals surface area contributed by atoms with Crippen molar-refractivity contribution in [1.29, 1.82) is 0 Å². The molecule has 0 saturated carbocycles. The number of nitrogens with zero attached hydrogens (tertiary/aromatic N) is 3. The van der Waals surface area contributed by atoms with E-state index >= 15 is 0 Å². The van der Waals surface area contributed by atoms with Crippen LogP contribution in [0.2, 0.25) is 0 Å². The van der Waals surface area contributed by atoms with Crippen LogP contribution in [-0.4, -0.2) is 33.5 Å². The van der Waals surface area contributed by atoms with Crippen LogP contribution in [0.1, 0.15) is 6.92 Å². The number of nitrogens with one attached hydrogen (secondary N) is 1. The molecule has 1 aromatic carbocycles. The summed E-state index contributed by atoms with van der Waals surface area (Å²) < 4.78 is 4.75. The lowest BCUT2D eigenvalue weighted by molar-refractivity contribution is -0.393. The second kappa shape index (κ2) is 8.02. The summed E-state index contributed by atoms with van der Waals surface area (Å²) in [7, 11) is 0. The van der Waals surface area contributed by atoms with Crippen molar-refractivity contribution in [2.75, 3.05) is 17.4 Å². The van der Waals surface area contributed by atoms with E-state index in [9.17, 15) is 25.0 Å². The van der Waals surface area contributed by atoms with Gasteiger partial charge in [-0.05, 0) is 13.0 Å². The Bertz CT molecular complexity index is 633. The van der Waals surface area contributed by atoms with Crippen LogP contribution >= 0.6 is 15.9 Å². The number of halogens is 1. The Labute approximate surface area is 132 Å². The number of benzene rings is 1. The van der Waals surface area contributed by atoms with Gasteiger partial charge in [0, 0.05) is 6.07 Å². The zero-order chi connectivity index (χ0) is 16.7. The molecule has 0 radical (unpaired) electrons. The summed E-state index contributed by atoms with van der Waals surface area (Å²) in [6, 6.07) is 3.02. The molecule has 0 saturated heterocycles. The second-order valence-corrected chi connectivity index (χ2v) is 4.30. The molecule has 1 rings (SSSR count). The Morgan fingerprint density at radius 3 is 2.55 bits per heavy atom. The summed E-state index contributed by atoms with van der Waals surface area (Å²) in [5.74, 6) is -0.684. The van der Waals surface area contributed by atoms with Crippen molar-refractivity contribution in [2.45, 2.75) is 6.92 Å². The molecule has 0 atom stereocenters. The van der Waals surface area contributed by atoms with Gasteiger partial charge in [-0.2, -0.15) is 5.10 Å². The van der Waals surface area contributed by atoms with Crippen LogP contribution in [0, 0.1) is 20.2 Å². The van der Waals surface area contributed by atoms with Gasteiger partial charge in [-0.15, -0.1) is 0 Å². The Hall–Kier alpha value is -2.56. The van der Waals surface area contributed by atoms with Crippen LogP contribution in [0.5, 0.6) is 0 Å². The summed E-state index contributed by atoms with van der Waals surface area (Å²) in [6.45, 7) is 1.78. The number of nitro benzene ring substituents is 2. The fraction of sp³-hybridized carbons (Fsp3) is 0.273.